The maximum absolute atomic E-state index is 14.0. The van der Waals surface area contributed by atoms with Crippen molar-refractivity contribution in [2.75, 3.05) is 26.3 Å². The van der Waals surface area contributed by atoms with Gasteiger partial charge in [0.2, 0.25) is 0 Å². The molecule has 5 rings (SSSR count). The highest BCUT2D eigenvalue weighted by Gasteiger charge is 2.39. The molecule has 0 bridgehead atoms. The number of hydrogen-bond donors (Lipinski definition) is 1. The highest BCUT2D eigenvalue weighted by atomic mass is 19.4. The number of nitrogens with zero attached hydrogens (tertiary/aromatic N) is 1. The lowest BCUT2D eigenvalue weighted by molar-refractivity contribution is -0.139. The van der Waals surface area contributed by atoms with Gasteiger partial charge in [-0.1, -0.05) is 12.1 Å². The fourth-order valence-electron chi connectivity index (χ4n) is 5.65. The number of carboxylic acid groups (broad SMARTS) is 1. The first-order valence-electron chi connectivity index (χ1n) is 12.2. The first kappa shape index (κ1) is 24.9. The Morgan fingerprint density at radius 2 is 2.00 bits per heavy atom. The van der Waals surface area contributed by atoms with E-state index in [0.717, 1.165) is 16.7 Å². The van der Waals surface area contributed by atoms with E-state index in [-0.39, 0.29) is 25.0 Å². The summed E-state index contributed by atoms with van der Waals surface area (Å²) >= 11 is 0. The van der Waals surface area contributed by atoms with Gasteiger partial charge in [-0.25, -0.2) is 0 Å². The van der Waals surface area contributed by atoms with Gasteiger partial charge in [-0.15, -0.1) is 0 Å². The maximum Gasteiger partial charge on any atom is 0.416 e. The largest absolute Gasteiger partial charge is 0.492 e. The number of aliphatic carboxylic acids is 1. The Bertz CT molecular complexity index is 1160. The van der Waals surface area contributed by atoms with Crippen LogP contribution in [0.2, 0.25) is 0 Å². The van der Waals surface area contributed by atoms with Crippen molar-refractivity contribution in [1.82, 2.24) is 4.90 Å². The van der Waals surface area contributed by atoms with E-state index in [4.69, 9.17) is 19.3 Å². The van der Waals surface area contributed by atoms with E-state index in [2.05, 4.69) is 0 Å². The third-order valence-electron chi connectivity index (χ3n) is 7.23. The van der Waals surface area contributed by atoms with Crippen molar-refractivity contribution in [3.05, 3.63) is 58.1 Å². The summed E-state index contributed by atoms with van der Waals surface area (Å²) in [4.78, 5) is 13.1. The molecule has 1 aliphatic carbocycles. The van der Waals surface area contributed by atoms with Crippen LogP contribution < -0.4 is 9.47 Å². The second kappa shape index (κ2) is 9.27. The first-order valence-corrected chi connectivity index (χ1v) is 12.2. The normalized spacial score (nSPS) is 23.1. The summed E-state index contributed by atoms with van der Waals surface area (Å²) in [6, 6.07) is 8.08. The van der Waals surface area contributed by atoms with Crippen LogP contribution in [0.1, 0.15) is 66.5 Å². The van der Waals surface area contributed by atoms with Gasteiger partial charge >= 0.3 is 12.1 Å². The third-order valence-corrected chi connectivity index (χ3v) is 7.23. The summed E-state index contributed by atoms with van der Waals surface area (Å²) in [6.45, 7) is 6.06. The Labute approximate surface area is 207 Å². The molecule has 1 N–H and O–H groups in total. The Hall–Kier alpha value is -2.78. The molecule has 194 valence electrons. The number of ether oxygens (including phenoxy) is 3. The molecule has 2 heterocycles. The van der Waals surface area contributed by atoms with Gasteiger partial charge in [-0.2, -0.15) is 13.2 Å². The van der Waals surface area contributed by atoms with Crippen molar-refractivity contribution in [2.45, 2.75) is 63.5 Å². The number of carboxylic acids is 1. The number of carbonyl (C=O) groups is 1. The van der Waals surface area contributed by atoms with Crippen LogP contribution in [0.4, 0.5) is 13.2 Å². The lowest BCUT2D eigenvalue weighted by Crippen LogP contribution is -2.48. The summed E-state index contributed by atoms with van der Waals surface area (Å²) in [7, 11) is 0. The summed E-state index contributed by atoms with van der Waals surface area (Å²) in [5, 5.41) is 9.10. The highest BCUT2D eigenvalue weighted by molar-refractivity contribution is 5.68. The van der Waals surface area contributed by atoms with Crippen LogP contribution in [0, 0.1) is 0 Å². The summed E-state index contributed by atoms with van der Waals surface area (Å²) in [5.41, 5.74) is 1.69. The molecule has 2 aliphatic heterocycles. The van der Waals surface area contributed by atoms with Crippen LogP contribution in [0.3, 0.4) is 0 Å². The van der Waals surface area contributed by atoms with E-state index >= 15 is 0 Å². The number of halogens is 3. The first-order chi connectivity index (χ1) is 17.0. The van der Waals surface area contributed by atoms with Crippen molar-refractivity contribution in [3.8, 4) is 11.5 Å². The lowest BCUT2D eigenvalue weighted by Gasteiger charge is -2.38. The van der Waals surface area contributed by atoms with Gasteiger partial charge in [0.05, 0.1) is 30.8 Å². The van der Waals surface area contributed by atoms with Gasteiger partial charge in [0.25, 0.3) is 0 Å². The molecule has 1 fully saturated rings. The van der Waals surface area contributed by atoms with E-state index in [1.807, 2.05) is 24.8 Å². The lowest BCUT2D eigenvalue weighted by atomic mass is 9.95. The van der Waals surface area contributed by atoms with Crippen molar-refractivity contribution < 1.29 is 37.3 Å². The SMILES string of the molecule is CC1(C)CN(Cc2c(C(F)(F)F)ccc3c2CC[C@H]3Oc2ccc3c(c2)OC[C@H]3CC(=O)O)CCO1. The van der Waals surface area contributed by atoms with Crippen LogP contribution in [0.5, 0.6) is 11.5 Å². The predicted molar refractivity (Wildman–Crippen MR) is 125 cm³/mol. The monoisotopic (exact) mass is 505 g/mol. The Balaban J connectivity index is 1.39. The van der Waals surface area contributed by atoms with E-state index < -0.39 is 23.3 Å². The van der Waals surface area contributed by atoms with Crippen LogP contribution >= 0.6 is 0 Å². The quantitative estimate of drug-likeness (QED) is 0.572. The molecule has 3 aliphatic rings. The Morgan fingerprint density at radius 1 is 1.22 bits per heavy atom. The van der Waals surface area contributed by atoms with Gasteiger partial charge in [0.1, 0.15) is 17.6 Å². The zero-order chi connectivity index (χ0) is 25.7. The molecule has 36 heavy (non-hydrogen) atoms. The standard InChI is InChI=1S/C27H30F3NO5/c1-26(2)15-31(9-10-35-26)13-21-19-6-8-23(20(19)5-7-22(21)27(28,29)30)36-17-3-4-18-16(11-25(32)33)14-34-24(18)12-17/h3-5,7,12,16,23H,6,8-11,13-15H2,1-2H3,(H,32,33)/t16-,23-/m1/s1. The average Bonchev–Trinajstić information content (AvgIpc) is 3.36. The minimum atomic E-state index is -4.44. The number of benzene rings is 2. The molecule has 2 aromatic carbocycles. The number of fused-ring (bicyclic) bond motifs is 2. The molecular formula is C27H30F3NO5. The number of morpholine rings is 1. The van der Waals surface area contributed by atoms with Crippen LogP contribution in [-0.4, -0.2) is 47.9 Å². The van der Waals surface area contributed by atoms with Crippen molar-refractivity contribution >= 4 is 5.97 Å². The molecule has 0 amide bonds. The topological polar surface area (TPSA) is 68.2 Å². The van der Waals surface area contributed by atoms with E-state index in [0.29, 0.717) is 56.2 Å². The maximum atomic E-state index is 14.0. The van der Waals surface area contributed by atoms with Gasteiger partial charge < -0.3 is 19.3 Å². The second-order valence-corrected chi connectivity index (χ2v) is 10.4. The molecule has 0 radical (unpaired) electrons. The fraction of sp³-hybridized carbons (Fsp3) is 0.519. The van der Waals surface area contributed by atoms with Gasteiger partial charge in [0.15, 0.2) is 0 Å². The van der Waals surface area contributed by atoms with Crippen LogP contribution in [0.15, 0.2) is 30.3 Å². The minimum absolute atomic E-state index is 0.00611. The zero-order valence-corrected chi connectivity index (χ0v) is 20.4. The highest BCUT2D eigenvalue weighted by Crippen LogP contribution is 2.44. The van der Waals surface area contributed by atoms with E-state index in [9.17, 15) is 18.0 Å². The number of rotatable bonds is 6. The van der Waals surface area contributed by atoms with Gasteiger partial charge in [0, 0.05) is 37.2 Å². The summed E-state index contributed by atoms with van der Waals surface area (Å²) in [6.07, 6.45) is -3.72. The zero-order valence-electron chi connectivity index (χ0n) is 20.4. The molecule has 2 atom stereocenters. The number of alkyl halides is 3. The molecular weight excluding hydrogens is 475 g/mol. The Kier molecular flexibility index (Phi) is 6.41. The minimum Gasteiger partial charge on any atom is -0.492 e. The molecule has 0 saturated carbocycles. The van der Waals surface area contributed by atoms with Crippen LogP contribution in [-0.2, 0) is 28.7 Å². The molecule has 1 saturated heterocycles. The predicted octanol–water partition coefficient (Wildman–Crippen LogP) is 5.33. The van der Waals surface area contributed by atoms with Crippen molar-refractivity contribution in [2.24, 2.45) is 0 Å². The number of hydrogen-bond acceptors (Lipinski definition) is 5. The third kappa shape index (κ3) is 5.04. The summed E-state index contributed by atoms with van der Waals surface area (Å²) < 4.78 is 59.6. The van der Waals surface area contributed by atoms with Crippen molar-refractivity contribution in [1.29, 1.82) is 0 Å². The molecule has 0 unspecified atom stereocenters. The fourth-order valence-corrected chi connectivity index (χ4v) is 5.65. The Morgan fingerprint density at radius 3 is 2.72 bits per heavy atom. The molecule has 2 aromatic rings. The molecule has 9 heteroatoms. The summed E-state index contributed by atoms with van der Waals surface area (Å²) in [5.74, 6) is 0.0697. The van der Waals surface area contributed by atoms with Crippen molar-refractivity contribution in [3.63, 3.8) is 0 Å². The second-order valence-electron chi connectivity index (χ2n) is 10.4. The molecule has 0 aromatic heterocycles. The van der Waals surface area contributed by atoms with E-state index in [1.54, 1.807) is 18.2 Å². The van der Waals surface area contributed by atoms with E-state index in [1.165, 1.54) is 6.07 Å². The molecule has 0 spiro atoms. The molecule has 6 nitrogen and oxygen atoms in total. The van der Waals surface area contributed by atoms with Crippen LogP contribution in [0.25, 0.3) is 0 Å². The van der Waals surface area contributed by atoms with Gasteiger partial charge in [-0.3, -0.25) is 9.69 Å². The average molecular weight is 506 g/mol. The van der Waals surface area contributed by atoms with Gasteiger partial charge in [-0.05, 0) is 55.5 Å². The smallest absolute Gasteiger partial charge is 0.416 e.